The molecule has 0 amide bonds. The minimum atomic E-state index is 0.709. The molecule has 8 aromatic carbocycles. The highest BCUT2D eigenvalue weighted by Gasteiger charge is 2.16. The molecule has 264 valence electrons. The molecule has 16 rings (SSSR count). The molecule has 0 aliphatic carbocycles. The Morgan fingerprint density at radius 3 is 0.696 bits per heavy atom. The van der Waals surface area contributed by atoms with E-state index in [4.69, 9.17) is 17.7 Å². The molecule has 0 unspecified atom stereocenters. The van der Waals surface area contributed by atoms with Gasteiger partial charge < -0.3 is 35.3 Å². The zero-order valence-corrected chi connectivity index (χ0v) is 29.6. The van der Waals surface area contributed by atoms with E-state index in [1.165, 1.54) is 0 Å². The molecule has 8 aromatic heterocycles. The average Bonchev–Trinajstić information content (AvgIpc) is 3.24. The van der Waals surface area contributed by atoms with Crippen LogP contribution in [-0.4, -0.2) is 17.6 Å². The highest BCUT2D eigenvalue weighted by Crippen LogP contribution is 2.34. The summed E-state index contributed by atoms with van der Waals surface area (Å²) in [5.74, 6) is 0. The van der Waals surface area contributed by atoms with Gasteiger partial charge in [-0.15, -0.1) is 0 Å². The number of aromatic nitrogens is 4. The summed E-state index contributed by atoms with van der Waals surface area (Å²) in [6.07, 6.45) is 0. The third kappa shape index (κ3) is 4.07. The molecule has 0 saturated heterocycles. The number of benzene rings is 8. The second-order valence-corrected chi connectivity index (χ2v) is 14.2. The summed E-state index contributed by atoms with van der Waals surface area (Å²) in [6.45, 7) is 0. The Morgan fingerprint density at radius 2 is 0.446 bits per heavy atom. The fourth-order valence-electron chi connectivity index (χ4n) is 8.62. The van der Waals surface area contributed by atoms with Gasteiger partial charge in [-0.3, -0.25) is 0 Å². The fraction of sp³-hybridized carbons (Fsp3) is 0. The average molecular weight is 725 g/mol. The van der Waals surface area contributed by atoms with Crippen LogP contribution in [0.5, 0.6) is 0 Å². The maximum Gasteiger partial charge on any atom is 0.155 e. The predicted molar refractivity (Wildman–Crippen MR) is 223 cm³/mol. The first kappa shape index (κ1) is 29.6. The SMILES string of the molecule is c1ccc2c(c1)oc1cc3oc4ccccc4n4c5ccc(cc5)n5c6ccccc6oc6cc7oc8ccccc8n(c8ccc(cc8)n2c1cc34)c7cc65. The first-order valence-corrected chi connectivity index (χ1v) is 18.6. The van der Waals surface area contributed by atoms with Crippen LogP contribution in [0.25, 0.3) is 111 Å². The topological polar surface area (TPSA) is 70.2 Å². The lowest BCUT2D eigenvalue weighted by Crippen LogP contribution is -1.98. The van der Waals surface area contributed by atoms with Gasteiger partial charge in [-0.25, -0.2) is 0 Å². The molecule has 56 heavy (non-hydrogen) atoms. The van der Waals surface area contributed by atoms with Gasteiger partial charge in [-0.05, 0) is 109 Å². The molecule has 0 spiro atoms. The number of hydrogen-bond donors (Lipinski definition) is 0. The van der Waals surface area contributed by atoms with Crippen molar-refractivity contribution in [2.75, 3.05) is 0 Å². The van der Waals surface area contributed by atoms with Crippen LogP contribution >= 0.6 is 0 Å². The van der Waals surface area contributed by atoms with Gasteiger partial charge in [0.05, 0.1) is 44.1 Å². The molecule has 16 aromatic rings. The summed E-state index contributed by atoms with van der Waals surface area (Å²) in [7, 11) is 0. The van der Waals surface area contributed by atoms with Crippen molar-refractivity contribution in [1.82, 2.24) is 17.6 Å². The van der Waals surface area contributed by atoms with Crippen molar-refractivity contribution in [1.29, 1.82) is 0 Å². The number of hydrogen-bond acceptors (Lipinski definition) is 4. The minimum absolute atomic E-state index is 0.709. The van der Waals surface area contributed by atoms with Crippen molar-refractivity contribution in [3.8, 4) is 0 Å². The van der Waals surface area contributed by atoms with Crippen LogP contribution in [0, 0.1) is 0 Å². The number of rotatable bonds is 0. The third-order valence-corrected chi connectivity index (χ3v) is 11.1. The fourth-order valence-corrected chi connectivity index (χ4v) is 8.62. The number of para-hydroxylation sites is 8. The lowest BCUT2D eigenvalue weighted by atomic mass is 10.2. The van der Waals surface area contributed by atoms with Gasteiger partial charge >= 0.3 is 0 Å². The summed E-state index contributed by atoms with van der Waals surface area (Å²) < 4.78 is 35.6. The summed E-state index contributed by atoms with van der Waals surface area (Å²) in [4.78, 5) is 0. The van der Waals surface area contributed by atoms with Gasteiger partial charge in [-0.2, -0.15) is 0 Å². The van der Waals surface area contributed by atoms with E-state index in [0.717, 1.165) is 88.5 Å². The summed E-state index contributed by atoms with van der Waals surface area (Å²) >= 11 is 0. The quantitative estimate of drug-likeness (QED) is 0.146. The summed E-state index contributed by atoms with van der Waals surface area (Å²) in [6, 6.07) is 58.4. The van der Waals surface area contributed by atoms with Gasteiger partial charge in [0.25, 0.3) is 0 Å². The van der Waals surface area contributed by atoms with E-state index in [0.29, 0.717) is 22.3 Å². The van der Waals surface area contributed by atoms with Crippen LogP contribution < -0.4 is 0 Å². The Morgan fingerprint density at radius 1 is 0.214 bits per heavy atom. The van der Waals surface area contributed by atoms with Gasteiger partial charge in [0.2, 0.25) is 0 Å². The smallest absolute Gasteiger partial charge is 0.155 e. The number of nitrogens with zero attached hydrogens (tertiary/aromatic N) is 4. The molecular weight excluding hydrogens is 697 g/mol. The zero-order valence-electron chi connectivity index (χ0n) is 29.6. The predicted octanol–water partition coefficient (Wildman–Crippen LogP) is 13.1. The maximum absolute atomic E-state index is 6.63. The molecule has 0 aliphatic heterocycles. The van der Waals surface area contributed by atoms with Crippen molar-refractivity contribution >= 4 is 111 Å². The van der Waals surface area contributed by atoms with E-state index < -0.39 is 0 Å². The van der Waals surface area contributed by atoms with Crippen molar-refractivity contribution in [3.05, 3.63) is 170 Å². The zero-order chi connectivity index (χ0) is 36.5. The Labute approximate surface area is 315 Å². The monoisotopic (exact) mass is 724 g/mol. The van der Waals surface area contributed by atoms with Crippen LogP contribution in [0.15, 0.2) is 188 Å². The molecule has 0 radical (unpaired) electrons. The summed E-state index contributed by atoms with van der Waals surface area (Å²) in [5, 5.41) is 0. The Balaban J connectivity index is 1.34. The number of fused-ring (bicyclic) bond motifs is 4. The molecule has 0 fully saturated rings. The normalized spacial score (nSPS) is 12.3. The van der Waals surface area contributed by atoms with Crippen LogP contribution in [0.2, 0.25) is 0 Å². The van der Waals surface area contributed by atoms with Gasteiger partial charge in [0.1, 0.15) is 0 Å². The Kier molecular flexibility index (Phi) is 5.74. The van der Waals surface area contributed by atoms with Gasteiger partial charge in [-0.1, -0.05) is 48.5 Å². The lowest BCUT2D eigenvalue weighted by Gasteiger charge is -2.15. The molecule has 8 heteroatoms. The van der Waals surface area contributed by atoms with Gasteiger partial charge in [0.15, 0.2) is 44.7 Å². The van der Waals surface area contributed by atoms with Crippen LogP contribution in [0.3, 0.4) is 0 Å². The molecule has 8 heterocycles. The van der Waals surface area contributed by atoms with E-state index in [2.05, 4.69) is 103 Å². The Hall–Kier alpha value is -7.84. The standard InChI is InChI=1S/C48H28N4O4/c1-5-13-41-33(9-1)49-29-17-19-30(20-18-29)51-35-11-3-7-15-43(35)55-47-28-48-40(26-39(47)51)52(36-12-4-8-16-44(36)56-48)32-23-21-31(22-24-32)50-34-10-2-6-14-42(34)54-46-27-45(53-41)37(49)25-38(46)50/h1-28H. The molecular formula is C48H28N4O4. The lowest BCUT2D eigenvalue weighted by molar-refractivity contribution is 0.640. The Bertz CT molecular complexity index is 3420. The van der Waals surface area contributed by atoms with Crippen molar-refractivity contribution in [2.24, 2.45) is 0 Å². The van der Waals surface area contributed by atoms with E-state index in [9.17, 15) is 0 Å². The van der Waals surface area contributed by atoms with E-state index >= 15 is 0 Å². The molecule has 8 nitrogen and oxygen atoms in total. The second kappa shape index (κ2) is 10.9. The largest absolute Gasteiger partial charge is 0.453 e. The van der Waals surface area contributed by atoms with E-state index in [1.807, 2.05) is 84.9 Å². The third-order valence-electron chi connectivity index (χ3n) is 11.1. The van der Waals surface area contributed by atoms with E-state index in [-0.39, 0.29) is 0 Å². The van der Waals surface area contributed by atoms with Crippen LogP contribution in [0.4, 0.5) is 0 Å². The second-order valence-electron chi connectivity index (χ2n) is 14.2. The summed E-state index contributed by atoms with van der Waals surface area (Å²) in [5.41, 5.74) is 17.3. The highest BCUT2D eigenvalue weighted by molar-refractivity contribution is 5.99. The van der Waals surface area contributed by atoms with E-state index in [1.54, 1.807) is 0 Å². The molecule has 0 aliphatic rings. The highest BCUT2D eigenvalue weighted by atomic mass is 16.3. The van der Waals surface area contributed by atoms with Gasteiger partial charge in [0, 0.05) is 34.2 Å². The van der Waals surface area contributed by atoms with Crippen molar-refractivity contribution in [3.63, 3.8) is 0 Å². The first-order valence-electron chi connectivity index (χ1n) is 18.6. The van der Waals surface area contributed by atoms with Crippen molar-refractivity contribution in [2.45, 2.75) is 0 Å². The molecule has 0 saturated carbocycles. The molecule has 8 bridgehead atoms. The molecule has 0 N–H and O–H groups in total. The van der Waals surface area contributed by atoms with Crippen LogP contribution in [0.1, 0.15) is 0 Å². The minimum Gasteiger partial charge on any atom is -0.453 e. The molecule has 0 atom stereocenters. The first-order chi connectivity index (χ1) is 27.7. The van der Waals surface area contributed by atoms with Crippen molar-refractivity contribution < 1.29 is 17.7 Å². The maximum atomic E-state index is 6.63. The van der Waals surface area contributed by atoms with Crippen LogP contribution in [-0.2, 0) is 0 Å².